The van der Waals surface area contributed by atoms with E-state index in [4.69, 9.17) is 4.42 Å². The Morgan fingerprint density at radius 2 is 2.12 bits per heavy atom. The number of hydrogen-bond donors (Lipinski definition) is 1. The summed E-state index contributed by atoms with van der Waals surface area (Å²) in [6.07, 6.45) is -0.398. The summed E-state index contributed by atoms with van der Waals surface area (Å²) in [4.78, 5) is 21.8. The highest BCUT2D eigenvalue weighted by molar-refractivity contribution is 5.85. The lowest BCUT2D eigenvalue weighted by Crippen LogP contribution is -2.25. The number of carbonyl (C=O) groups excluding carboxylic acids is 1. The van der Waals surface area contributed by atoms with Gasteiger partial charge in [-0.1, -0.05) is 0 Å². The average molecular weight is 233 g/mol. The standard InChI is InChI=1S/C12H10O5/c1-6-2-10-8(5-9(6)13)7(3-11(14)15)4-12(16)17-10/h2,4-5,13H,3H2,1H3,(H,14,15)/p-1. The predicted octanol–water partition coefficient (Wildman–Crippen LogP) is 0.0994. The van der Waals surface area contributed by atoms with Gasteiger partial charge in [0.1, 0.15) is 11.3 Å². The smallest absolute Gasteiger partial charge is 0.336 e. The van der Waals surface area contributed by atoms with Gasteiger partial charge in [-0.15, -0.1) is 0 Å². The summed E-state index contributed by atoms with van der Waals surface area (Å²) in [5, 5.41) is 20.5. The van der Waals surface area contributed by atoms with Crippen LogP contribution in [0, 0.1) is 6.92 Å². The molecular weight excluding hydrogens is 224 g/mol. The van der Waals surface area contributed by atoms with Crippen molar-refractivity contribution in [2.24, 2.45) is 0 Å². The molecule has 0 amide bonds. The van der Waals surface area contributed by atoms with Gasteiger partial charge in [-0.3, -0.25) is 0 Å². The zero-order valence-electron chi connectivity index (χ0n) is 9.02. The lowest BCUT2D eigenvalue weighted by Gasteiger charge is -2.07. The molecular formula is C12H9O5-. The molecule has 2 aromatic rings. The monoisotopic (exact) mass is 233 g/mol. The summed E-state index contributed by atoms with van der Waals surface area (Å²) in [5.74, 6) is -1.28. The van der Waals surface area contributed by atoms with Crippen molar-refractivity contribution >= 4 is 16.9 Å². The minimum absolute atomic E-state index is 0.0194. The summed E-state index contributed by atoms with van der Waals surface area (Å²) in [6, 6.07) is 3.96. The maximum absolute atomic E-state index is 11.2. The fourth-order valence-electron chi connectivity index (χ4n) is 1.67. The van der Waals surface area contributed by atoms with E-state index >= 15 is 0 Å². The lowest BCUT2D eigenvalue weighted by atomic mass is 10.1. The van der Waals surface area contributed by atoms with Crippen LogP contribution in [0.5, 0.6) is 5.75 Å². The Labute approximate surface area is 95.9 Å². The van der Waals surface area contributed by atoms with E-state index in [1.54, 1.807) is 6.92 Å². The van der Waals surface area contributed by atoms with Crippen molar-refractivity contribution in [1.29, 1.82) is 0 Å². The fourth-order valence-corrected chi connectivity index (χ4v) is 1.67. The molecule has 0 fully saturated rings. The molecule has 0 spiro atoms. The van der Waals surface area contributed by atoms with E-state index in [9.17, 15) is 19.8 Å². The highest BCUT2D eigenvalue weighted by Crippen LogP contribution is 2.25. The second kappa shape index (κ2) is 3.93. The molecule has 2 rings (SSSR count). The summed E-state index contributed by atoms with van der Waals surface area (Å²) < 4.78 is 4.94. The lowest BCUT2D eigenvalue weighted by molar-refractivity contribution is -0.304. The van der Waals surface area contributed by atoms with E-state index in [1.807, 2.05) is 0 Å². The van der Waals surface area contributed by atoms with E-state index in [0.717, 1.165) is 6.07 Å². The Balaban J connectivity index is 2.78. The zero-order valence-corrected chi connectivity index (χ0v) is 9.02. The fraction of sp³-hybridized carbons (Fsp3) is 0.167. The van der Waals surface area contributed by atoms with Gasteiger partial charge in [0.2, 0.25) is 0 Å². The number of fused-ring (bicyclic) bond motifs is 1. The first-order valence-corrected chi connectivity index (χ1v) is 4.93. The van der Waals surface area contributed by atoms with Crippen LogP contribution in [0.4, 0.5) is 0 Å². The Morgan fingerprint density at radius 1 is 1.41 bits per heavy atom. The van der Waals surface area contributed by atoms with Gasteiger partial charge in [-0.25, -0.2) is 4.79 Å². The minimum atomic E-state index is -1.29. The number of aryl methyl sites for hydroxylation is 1. The number of phenols is 1. The van der Waals surface area contributed by atoms with Gasteiger partial charge in [0.25, 0.3) is 0 Å². The van der Waals surface area contributed by atoms with Crippen molar-refractivity contribution < 1.29 is 19.4 Å². The molecule has 0 aliphatic heterocycles. The average Bonchev–Trinajstić information content (AvgIpc) is 2.20. The topological polar surface area (TPSA) is 90.6 Å². The molecule has 1 aromatic carbocycles. The van der Waals surface area contributed by atoms with E-state index < -0.39 is 18.0 Å². The van der Waals surface area contributed by atoms with Crippen molar-refractivity contribution in [2.75, 3.05) is 0 Å². The molecule has 1 heterocycles. The van der Waals surface area contributed by atoms with Crippen LogP contribution in [0.3, 0.4) is 0 Å². The number of aromatic hydroxyl groups is 1. The van der Waals surface area contributed by atoms with Gasteiger partial charge in [0, 0.05) is 23.8 Å². The van der Waals surface area contributed by atoms with Crippen LogP contribution in [0.25, 0.3) is 11.0 Å². The number of carbonyl (C=O) groups is 1. The van der Waals surface area contributed by atoms with E-state index in [-0.39, 0.29) is 16.9 Å². The van der Waals surface area contributed by atoms with Gasteiger partial charge >= 0.3 is 5.63 Å². The van der Waals surface area contributed by atoms with Crippen LogP contribution >= 0.6 is 0 Å². The second-order valence-corrected chi connectivity index (χ2v) is 3.77. The molecule has 5 heteroatoms. The molecule has 0 aliphatic rings. The summed E-state index contributed by atoms with van der Waals surface area (Å²) in [7, 11) is 0. The first kappa shape index (κ1) is 11.2. The van der Waals surface area contributed by atoms with Gasteiger partial charge in [0.15, 0.2) is 0 Å². The quantitative estimate of drug-likeness (QED) is 0.743. The first-order valence-electron chi connectivity index (χ1n) is 4.93. The van der Waals surface area contributed by atoms with Crippen molar-refractivity contribution in [3.05, 3.63) is 39.7 Å². The third-order valence-corrected chi connectivity index (χ3v) is 2.48. The first-order chi connectivity index (χ1) is 7.97. The molecule has 0 saturated heterocycles. The van der Waals surface area contributed by atoms with Gasteiger partial charge in [0.05, 0.1) is 0 Å². The Hall–Kier alpha value is -2.30. The molecule has 0 bridgehead atoms. The summed E-state index contributed by atoms with van der Waals surface area (Å²) in [5.41, 5.74) is 0.445. The van der Waals surface area contributed by atoms with Crippen LogP contribution in [-0.4, -0.2) is 11.1 Å². The number of carboxylic acid groups (broad SMARTS) is 1. The predicted molar refractivity (Wildman–Crippen MR) is 57.6 cm³/mol. The van der Waals surface area contributed by atoms with E-state index in [2.05, 4.69) is 0 Å². The van der Waals surface area contributed by atoms with Crippen LogP contribution in [-0.2, 0) is 11.2 Å². The highest BCUT2D eigenvalue weighted by Gasteiger charge is 2.08. The van der Waals surface area contributed by atoms with Crippen LogP contribution in [0.2, 0.25) is 0 Å². The molecule has 17 heavy (non-hydrogen) atoms. The second-order valence-electron chi connectivity index (χ2n) is 3.77. The zero-order chi connectivity index (χ0) is 12.6. The number of benzene rings is 1. The molecule has 0 aliphatic carbocycles. The third-order valence-electron chi connectivity index (χ3n) is 2.48. The highest BCUT2D eigenvalue weighted by atomic mass is 16.4. The molecule has 1 aromatic heterocycles. The van der Waals surface area contributed by atoms with Crippen molar-refractivity contribution in [3.63, 3.8) is 0 Å². The summed E-state index contributed by atoms with van der Waals surface area (Å²) in [6.45, 7) is 1.65. The Morgan fingerprint density at radius 3 is 2.76 bits per heavy atom. The van der Waals surface area contributed by atoms with Crippen LogP contribution in [0.1, 0.15) is 11.1 Å². The Bertz CT molecular complexity index is 654. The molecule has 0 unspecified atom stereocenters. The molecule has 0 saturated carbocycles. The molecule has 0 atom stereocenters. The summed E-state index contributed by atoms with van der Waals surface area (Å²) >= 11 is 0. The SMILES string of the molecule is Cc1cc2oc(=O)cc(CC(=O)[O-])c2cc1O. The molecule has 5 nitrogen and oxygen atoms in total. The maximum atomic E-state index is 11.2. The van der Waals surface area contributed by atoms with Crippen molar-refractivity contribution in [1.82, 2.24) is 0 Å². The van der Waals surface area contributed by atoms with Gasteiger partial charge in [-0.05, 0) is 30.2 Å². The van der Waals surface area contributed by atoms with E-state index in [0.29, 0.717) is 10.9 Å². The Kier molecular flexibility index (Phi) is 2.59. The molecule has 0 radical (unpaired) electrons. The number of phenolic OH excluding ortho intramolecular Hbond substituents is 1. The molecule has 88 valence electrons. The normalized spacial score (nSPS) is 10.6. The van der Waals surface area contributed by atoms with Crippen molar-refractivity contribution in [2.45, 2.75) is 13.3 Å². The van der Waals surface area contributed by atoms with Crippen molar-refractivity contribution in [3.8, 4) is 5.75 Å². The molecule has 1 N–H and O–H groups in total. The number of carboxylic acids is 1. The third kappa shape index (κ3) is 2.13. The minimum Gasteiger partial charge on any atom is -0.550 e. The number of rotatable bonds is 2. The van der Waals surface area contributed by atoms with Gasteiger partial charge < -0.3 is 19.4 Å². The van der Waals surface area contributed by atoms with Gasteiger partial charge in [-0.2, -0.15) is 0 Å². The number of hydrogen-bond acceptors (Lipinski definition) is 5. The number of aliphatic carboxylic acids is 1. The largest absolute Gasteiger partial charge is 0.550 e. The van der Waals surface area contributed by atoms with Crippen LogP contribution < -0.4 is 10.7 Å². The van der Waals surface area contributed by atoms with E-state index in [1.165, 1.54) is 12.1 Å². The van der Waals surface area contributed by atoms with Crippen LogP contribution in [0.15, 0.2) is 27.4 Å². The maximum Gasteiger partial charge on any atom is 0.336 e.